The first-order valence-corrected chi connectivity index (χ1v) is 8.86. The van der Waals surface area contributed by atoms with Gasteiger partial charge in [-0.25, -0.2) is 9.97 Å². The summed E-state index contributed by atoms with van der Waals surface area (Å²) in [5.41, 5.74) is 2.75. The molecule has 4 aromatic rings. The van der Waals surface area contributed by atoms with Crippen molar-refractivity contribution in [2.75, 3.05) is 0 Å². The molecule has 4 rings (SSSR count). The van der Waals surface area contributed by atoms with Gasteiger partial charge in [0.2, 0.25) is 0 Å². The Morgan fingerprint density at radius 1 is 1.22 bits per heavy atom. The average molecular weight is 339 g/mol. The molecule has 0 saturated heterocycles. The summed E-state index contributed by atoms with van der Waals surface area (Å²) >= 11 is 3.08. The van der Waals surface area contributed by atoms with E-state index in [9.17, 15) is 4.79 Å². The Morgan fingerprint density at radius 2 is 2.04 bits per heavy atom. The van der Waals surface area contributed by atoms with Crippen LogP contribution in [0.15, 0.2) is 52.9 Å². The van der Waals surface area contributed by atoms with E-state index in [1.807, 2.05) is 48.7 Å². The van der Waals surface area contributed by atoms with Gasteiger partial charge in [0.15, 0.2) is 0 Å². The molecule has 23 heavy (non-hydrogen) atoms. The third-order valence-electron chi connectivity index (χ3n) is 3.56. The number of aryl methyl sites for hydroxylation is 1. The molecule has 0 bridgehead atoms. The van der Waals surface area contributed by atoms with Crippen LogP contribution in [0.3, 0.4) is 0 Å². The van der Waals surface area contributed by atoms with Crippen molar-refractivity contribution in [2.45, 2.75) is 13.5 Å². The molecule has 0 N–H and O–H groups in total. The van der Waals surface area contributed by atoms with Crippen LogP contribution < -0.4 is 5.56 Å². The Bertz CT molecular complexity index is 1030. The molecule has 114 valence electrons. The van der Waals surface area contributed by atoms with E-state index in [0.29, 0.717) is 11.2 Å². The molecule has 1 aromatic carbocycles. The Balaban J connectivity index is 1.77. The lowest BCUT2D eigenvalue weighted by molar-refractivity contribution is 0.734. The van der Waals surface area contributed by atoms with Crippen LogP contribution in [0.5, 0.6) is 0 Å². The summed E-state index contributed by atoms with van der Waals surface area (Å²) in [7, 11) is 0. The van der Waals surface area contributed by atoms with Gasteiger partial charge in [-0.05, 0) is 18.6 Å². The fourth-order valence-electron chi connectivity index (χ4n) is 2.46. The number of hydrogen-bond donors (Lipinski definition) is 0. The number of rotatable bonds is 3. The van der Waals surface area contributed by atoms with E-state index in [1.54, 1.807) is 22.2 Å². The van der Waals surface area contributed by atoms with Crippen molar-refractivity contribution >= 4 is 32.9 Å². The Morgan fingerprint density at radius 3 is 2.78 bits per heavy atom. The third-order valence-corrected chi connectivity index (χ3v) is 5.54. The number of thiophene rings is 1. The van der Waals surface area contributed by atoms with Gasteiger partial charge < -0.3 is 0 Å². The highest BCUT2D eigenvalue weighted by Crippen LogP contribution is 2.30. The molecule has 0 fully saturated rings. The van der Waals surface area contributed by atoms with Gasteiger partial charge in [-0.3, -0.25) is 9.36 Å². The van der Waals surface area contributed by atoms with Gasteiger partial charge in [-0.15, -0.1) is 22.7 Å². The van der Waals surface area contributed by atoms with Crippen LogP contribution in [0.2, 0.25) is 0 Å². The van der Waals surface area contributed by atoms with Crippen LogP contribution in [-0.4, -0.2) is 14.5 Å². The zero-order valence-corrected chi connectivity index (χ0v) is 14.0. The van der Waals surface area contributed by atoms with E-state index in [1.165, 1.54) is 11.3 Å². The minimum Gasteiger partial charge on any atom is -0.292 e. The topological polar surface area (TPSA) is 47.8 Å². The molecule has 0 atom stereocenters. The zero-order valence-electron chi connectivity index (χ0n) is 12.4. The molecule has 0 amide bonds. The molecular formula is C17H13N3OS2. The molecule has 0 aliphatic rings. The number of aromatic nitrogens is 3. The minimum atomic E-state index is -0.00664. The molecule has 3 aromatic heterocycles. The average Bonchev–Trinajstić information content (AvgIpc) is 3.18. The summed E-state index contributed by atoms with van der Waals surface area (Å²) in [6, 6.07) is 12.0. The van der Waals surface area contributed by atoms with Gasteiger partial charge in [0.1, 0.15) is 4.70 Å². The number of nitrogens with zero attached hydrogens (tertiary/aromatic N) is 3. The quantitative estimate of drug-likeness (QED) is 0.568. The Labute approximate surface area is 140 Å². The smallest absolute Gasteiger partial charge is 0.271 e. The summed E-state index contributed by atoms with van der Waals surface area (Å²) in [4.78, 5) is 22.6. The first-order chi connectivity index (χ1) is 11.2. The van der Waals surface area contributed by atoms with E-state index < -0.39 is 0 Å². The molecule has 0 spiro atoms. The standard InChI is InChI=1S/C17H13N3OS2/c1-11-19-13(9-22-11)8-20-10-18-14-7-15(23-16(14)17(20)21)12-5-3-2-4-6-12/h2-7,9-10H,8H2,1H3. The number of benzene rings is 1. The molecule has 0 aliphatic heterocycles. The summed E-state index contributed by atoms with van der Waals surface area (Å²) < 4.78 is 2.32. The van der Waals surface area contributed by atoms with Crippen molar-refractivity contribution in [3.8, 4) is 10.4 Å². The predicted octanol–water partition coefficient (Wildman–Crippen LogP) is 3.94. The van der Waals surface area contributed by atoms with Crippen molar-refractivity contribution in [1.82, 2.24) is 14.5 Å². The second-order valence-corrected chi connectivity index (χ2v) is 7.34. The highest BCUT2D eigenvalue weighted by atomic mass is 32.1. The van der Waals surface area contributed by atoms with Gasteiger partial charge in [0.05, 0.1) is 29.1 Å². The van der Waals surface area contributed by atoms with E-state index in [4.69, 9.17) is 0 Å². The highest BCUT2D eigenvalue weighted by molar-refractivity contribution is 7.22. The van der Waals surface area contributed by atoms with E-state index >= 15 is 0 Å². The summed E-state index contributed by atoms with van der Waals surface area (Å²) in [5, 5.41) is 2.99. The van der Waals surface area contributed by atoms with E-state index in [-0.39, 0.29) is 5.56 Å². The number of fused-ring (bicyclic) bond motifs is 1. The minimum absolute atomic E-state index is 0.00664. The first kappa shape index (κ1) is 14.3. The fourth-order valence-corrected chi connectivity index (χ4v) is 4.13. The fraction of sp³-hybridized carbons (Fsp3) is 0.118. The molecular weight excluding hydrogens is 326 g/mol. The molecule has 6 heteroatoms. The second-order valence-electron chi connectivity index (χ2n) is 5.23. The molecule has 3 heterocycles. The first-order valence-electron chi connectivity index (χ1n) is 7.16. The zero-order chi connectivity index (χ0) is 15.8. The lowest BCUT2D eigenvalue weighted by atomic mass is 10.2. The maximum atomic E-state index is 12.7. The summed E-state index contributed by atoms with van der Waals surface area (Å²) in [6.45, 7) is 2.43. The monoisotopic (exact) mass is 339 g/mol. The number of thiazole rings is 1. The predicted molar refractivity (Wildman–Crippen MR) is 95.3 cm³/mol. The molecule has 0 radical (unpaired) electrons. The van der Waals surface area contributed by atoms with Gasteiger partial charge in [-0.1, -0.05) is 30.3 Å². The van der Waals surface area contributed by atoms with Crippen LogP contribution in [-0.2, 0) is 6.54 Å². The van der Waals surface area contributed by atoms with Crippen molar-refractivity contribution < 1.29 is 0 Å². The maximum absolute atomic E-state index is 12.7. The maximum Gasteiger partial charge on any atom is 0.271 e. The summed E-state index contributed by atoms with van der Waals surface area (Å²) in [6.07, 6.45) is 1.61. The van der Waals surface area contributed by atoms with Crippen LogP contribution in [0, 0.1) is 6.92 Å². The van der Waals surface area contributed by atoms with Crippen LogP contribution in [0.1, 0.15) is 10.7 Å². The SMILES string of the molecule is Cc1nc(Cn2cnc3cc(-c4ccccc4)sc3c2=O)cs1. The Hall–Kier alpha value is -2.31. The van der Waals surface area contributed by atoms with Gasteiger partial charge >= 0.3 is 0 Å². The van der Waals surface area contributed by atoms with Crippen LogP contribution in [0.4, 0.5) is 0 Å². The van der Waals surface area contributed by atoms with Crippen molar-refractivity contribution in [3.05, 3.63) is 69.2 Å². The third kappa shape index (κ3) is 2.71. The lowest BCUT2D eigenvalue weighted by Crippen LogP contribution is -2.20. The molecule has 0 saturated carbocycles. The van der Waals surface area contributed by atoms with E-state index in [2.05, 4.69) is 9.97 Å². The number of hydrogen-bond acceptors (Lipinski definition) is 5. The van der Waals surface area contributed by atoms with Gasteiger partial charge in [0, 0.05) is 10.3 Å². The van der Waals surface area contributed by atoms with Crippen molar-refractivity contribution in [1.29, 1.82) is 0 Å². The van der Waals surface area contributed by atoms with Crippen molar-refractivity contribution in [3.63, 3.8) is 0 Å². The van der Waals surface area contributed by atoms with Gasteiger partial charge in [0.25, 0.3) is 5.56 Å². The Kier molecular flexibility index (Phi) is 3.55. The van der Waals surface area contributed by atoms with E-state index in [0.717, 1.165) is 26.7 Å². The summed E-state index contributed by atoms with van der Waals surface area (Å²) in [5.74, 6) is 0. The second kappa shape index (κ2) is 5.72. The molecule has 4 nitrogen and oxygen atoms in total. The largest absolute Gasteiger partial charge is 0.292 e. The molecule has 0 aliphatic carbocycles. The lowest BCUT2D eigenvalue weighted by Gasteiger charge is -2.01. The van der Waals surface area contributed by atoms with Crippen molar-refractivity contribution in [2.24, 2.45) is 0 Å². The van der Waals surface area contributed by atoms with Crippen LogP contribution >= 0.6 is 22.7 Å². The normalized spacial score (nSPS) is 11.2. The highest BCUT2D eigenvalue weighted by Gasteiger charge is 2.11. The van der Waals surface area contributed by atoms with Crippen LogP contribution in [0.25, 0.3) is 20.7 Å². The molecule has 0 unspecified atom stereocenters. The van der Waals surface area contributed by atoms with Gasteiger partial charge in [-0.2, -0.15) is 0 Å².